The predicted octanol–water partition coefficient (Wildman–Crippen LogP) is 6.43. The van der Waals surface area contributed by atoms with Crippen LogP contribution < -0.4 is 14.8 Å². The molecule has 0 aliphatic heterocycles. The molecule has 4 heteroatoms. The van der Waals surface area contributed by atoms with Crippen molar-refractivity contribution >= 4 is 11.6 Å². The van der Waals surface area contributed by atoms with Crippen LogP contribution in [-0.4, -0.2) is 12.6 Å². The van der Waals surface area contributed by atoms with Crippen LogP contribution in [0.1, 0.15) is 37.0 Å². The molecule has 0 aromatic heterocycles. The van der Waals surface area contributed by atoms with Gasteiger partial charge in [-0.3, -0.25) is 0 Å². The zero-order chi connectivity index (χ0) is 21.2. The maximum atomic E-state index is 6.06. The van der Waals surface area contributed by atoms with Gasteiger partial charge < -0.3 is 14.8 Å². The summed E-state index contributed by atoms with van der Waals surface area (Å²) in [6, 6.07) is 24.9. The maximum absolute atomic E-state index is 6.06. The Balaban J connectivity index is 1.54. The van der Waals surface area contributed by atoms with Gasteiger partial charge in [-0.15, -0.1) is 0 Å². The minimum atomic E-state index is 0.430. The van der Waals surface area contributed by atoms with Crippen LogP contribution in [0.5, 0.6) is 11.5 Å². The largest absolute Gasteiger partial charge is 0.490 e. The summed E-state index contributed by atoms with van der Waals surface area (Å²) < 4.78 is 11.8. The summed E-state index contributed by atoms with van der Waals surface area (Å²) in [5.41, 5.74) is 3.59. The second kappa shape index (κ2) is 11.6. The Kier molecular flexibility index (Phi) is 8.61. The molecule has 0 radical (unpaired) electrons. The second-order valence-electron chi connectivity index (χ2n) is 7.44. The SMILES string of the molecule is CCOc1cc(CN[C@@H](C)CCc2ccccc2)ccc1OCc1cccc(Cl)c1. The van der Waals surface area contributed by atoms with Crippen molar-refractivity contribution in [1.82, 2.24) is 5.32 Å². The molecule has 0 aliphatic carbocycles. The van der Waals surface area contributed by atoms with Crippen molar-refractivity contribution in [3.8, 4) is 11.5 Å². The van der Waals surface area contributed by atoms with E-state index in [-0.39, 0.29) is 0 Å². The second-order valence-corrected chi connectivity index (χ2v) is 7.88. The van der Waals surface area contributed by atoms with E-state index in [9.17, 15) is 0 Å². The van der Waals surface area contributed by atoms with Gasteiger partial charge in [0.05, 0.1) is 6.61 Å². The van der Waals surface area contributed by atoms with E-state index in [1.807, 2.05) is 37.3 Å². The molecular formula is C26H30ClNO2. The molecule has 1 atom stereocenters. The van der Waals surface area contributed by atoms with Gasteiger partial charge in [0.1, 0.15) is 6.61 Å². The van der Waals surface area contributed by atoms with Crippen LogP contribution in [0.4, 0.5) is 0 Å². The van der Waals surface area contributed by atoms with Crippen molar-refractivity contribution in [1.29, 1.82) is 0 Å². The Morgan fingerprint density at radius 1 is 0.833 bits per heavy atom. The lowest BCUT2D eigenvalue weighted by atomic mass is 10.1. The first-order valence-electron chi connectivity index (χ1n) is 10.5. The highest BCUT2D eigenvalue weighted by Crippen LogP contribution is 2.29. The van der Waals surface area contributed by atoms with E-state index < -0.39 is 0 Å². The van der Waals surface area contributed by atoms with Gasteiger partial charge in [0.2, 0.25) is 0 Å². The van der Waals surface area contributed by atoms with Crippen molar-refractivity contribution in [2.45, 2.75) is 45.9 Å². The molecule has 0 amide bonds. The van der Waals surface area contributed by atoms with E-state index in [2.05, 4.69) is 54.7 Å². The highest BCUT2D eigenvalue weighted by atomic mass is 35.5. The third-order valence-electron chi connectivity index (χ3n) is 4.95. The molecule has 3 nitrogen and oxygen atoms in total. The number of aryl methyl sites for hydroxylation is 1. The van der Waals surface area contributed by atoms with Crippen LogP contribution >= 0.6 is 11.6 Å². The van der Waals surface area contributed by atoms with Crippen LogP contribution in [0.25, 0.3) is 0 Å². The molecule has 0 heterocycles. The third-order valence-corrected chi connectivity index (χ3v) is 5.19. The highest BCUT2D eigenvalue weighted by Gasteiger charge is 2.09. The van der Waals surface area contributed by atoms with Crippen molar-refractivity contribution in [3.63, 3.8) is 0 Å². The number of hydrogen-bond donors (Lipinski definition) is 1. The number of rotatable bonds is 11. The summed E-state index contributed by atoms with van der Waals surface area (Å²) in [6.07, 6.45) is 2.18. The standard InChI is InChI=1S/C26H30ClNO2/c1-3-29-26-17-22(18-28-20(2)12-13-21-8-5-4-6-9-21)14-15-25(26)30-19-23-10-7-11-24(27)16-23/h4-11,14-17,20,28H,3,12-13,18-19H2,1-2H3/t20-/m0/s1. The van der Waals surface area contributed by atoms with E-state index in [0.29, 0.717) is 24.3 Å². The fourth-order valence-electron chi connectivity index (χ4n) is 3.26. The van der Waals surface area contributed by atoms with Crippen LogP contribution in [0.15, 0.2) is 72.8 Å². The number of benzene rings is 3. The smallest absolute Gasteiger partial charge is 0.161 e. The minimum Gasteiger partial charge on any atom is -0.490 e. The van der Waals surface area contributed by atoms with Gasteiger partial charge in [0, 0.05) is 17.6 Å². The number of halogens is 1. The molecule has 3 aromatic rings. The molecular weight excluding hydrogens is 394 g/mol. The first-order chi connectivity index (χ1) is 14.6. The summed E-state index contributed by atoms with van der Waals surface area (Å²) in [5, 5.41) is 4.32. The molecule has 0 aliphatic rings. The molecule has 0 unspecified atom stereocenters. The van der Waals surface area contributed by atoms with Gasteiger partial charge in [0.25, 0.3) is 0 Å². The van der Waals surface area contributed by atoms with Crippen molar-refractivity contribution in [2.24, 2.45) is 0 Å². The Morgan fingerprint density at radius 3 is 2.40 bits per heavy atom. The molecule has 0 saturated carbocycles. The van der Waals surface area contributed by atoms with Crippen LogP contribution in [0.3, 0.4) is 0 Å². The monoisotopic (exact) mass is 423 g/mol. The average Bonchev–Trinajstić information content (AvgIpc) is 2.76. The Bertz CT molecular complexity index is 914. The van der Waals surface area contributed by atoms with Crippen LogP contribution in [0.2, 0.25) is 5.02 Å². The summed E-state index contributed by atoms with van der Waals surface area (Å²) in [6.45, 7) is 6.06. The van der Waals surface area contributed by atoms with Gasteiger partial charge in [-0.2, -0.15) is 0 Å². The van der Waals surface area contributed by atoms with Crippen molar-refractivity contribution in [3.05, 3.63) is 94.5 Å². The Hall–Kier alpha value is -2.49. The first-order valence-corrected chi connectivity index (χ1v) is 10.9. The topological polar surface area (TPSA) is 30.5 Å². The lowest BCUT2D eigenvalue weighted by Crippen LogP contribution is -2.26. The average molecular weight is 424 g/mol. The van der Waals surface area contributed by atoms with Gasteiger partial charge in [-0.1, -0.05) is 60.1 Å². The fourth-order valence-corrected chi connectivity index (χ4v) is 3.47. The molecule has 0 fully saturated rings. The minimum absolute atomic E-state index is 0.430. The number of hydrogen-bond acceptors (Lipinski definition) is 3. The Labute approximate surface area is 185 Å². The van der Waals surface area contributed by atoms with Crippen LogP contribution in [0, 0.1) is 0 Å². The fraction of sp³-hybridized carbons (Fsp3) is 0.308. The normalized spacial score (nSPS) is 11.8. The quantitative estimate of drug-likeness (QED) is 0.385. The highest BCUT2D eigenvalue weighted by molar-refractivity contribution is 6.30. The molecule has 0 saturated heterocycles. The molecule has 3 aromatic carbocycles. The van der Waals surface area contributed by atoms with E-state index in [0.717, 1.165) is 36.4 Å². The van der Waals surface area contributed by atoms with Gasteiger partial charge in [-0.05, 0) is 67.6 Å². The van der Waals surface area contributed by atoms with E-state index in [1.54, 1.807) is 0 Å². The molecule has 1 N–H and O–H groups in total. The predicted molar refractivity (Wildman–Crippen MR) is 124 cm³/mol. The summed E-state index contributed by atoms with van der Waals surface area (Å²) >= 11 is 6.06. The number of ether oxygens (including phenoxy) is 2. The lowest BCUT2D eigenvalue weighted by molar-refractivity contribution is 0.269. The molecule has 0 spiro atoms. The maximum Gasteiger partial charge on any atom is 0.161 e. The van der Waals surface area contributed by atoms with Crippen molar-refractivity contribution in [2.75, 3.05) is 6.61 Å². The van der Waals surface area contributed by atoms with E-state index >= 15 is 0 Å². The zero-order valence-corrected chi connectivity index (χ0v) is 18.5. The van der Waals surface area contributed by atoms with Crippen molar-refractivity contribution < 1.29 is 9.47 Å². The van der Waals surface area contributed by atoms with Gasteiger partial charge in [-0.25, -0.2) is 0 Å². The summed E-state index contributed by atoms with van der Waals surface area (Å²) in [4.78, 5) is 0. The molecule has 30 heavy (non-hydrogen) atoms. The van der Waals surface area contributed by atoms with Gasteiger partial charge in [0.15, 0.2) is 11.5 Å². The van der Waals surface area contributed by atoms with E-state index in [1.165, 1.54) is 11.1 Å². The third kappa shape index (κ3) is 7.08. The lowest BCUT2D eigenvalue weighted by Gasteiger charge is -2.16. The summed E-state index contributed by atoms with van der Waals surface area (Å²) in [5.74, 6) is 1.52. The molecule has 3 rings (SSSR count). The van der Waals surface area contributed by atoms with Crippen LogP contribution in [-0.2, 0) is 19.6 Å². The molecule has 158 valence electrons. The van der Waals surface area contributed by atoms with E-state index in [4.69, 9.17) is 21.1 Å². The number of nitrogens with one attached hydrogen (secondary N) is 1. The Morgan fingerprint density at radius 2 is 1.63 bits per heavy atom. The first kappa shape index (κ1) is 22.2. The molecule has 0 bridgehead atoms. The van der Waals surface area contributed by atoms with Gasteiger partial charge >= 0.3 is 0 Å². The zero-order valence-electron chi connectivity index (χ0n) is 17.7. The summed E-state index contributed by atoms with van der Waals surface area (Å²) in [7, 11) is 0.